The molecule has 1 rings (SSSR count). The largest absolute Gasteiger partial charge is 0.493 e. The van der Waals surface area contributed by atoms with E-state index in [0.29, 0.717) is 11.5 Å². The van der Waals surface area contributed by atoms with Crippen molar-refractivity contribution in [2.75, 3.05) is 14.2 Å². The molecule has 0 aliphatic carbocycles. The first kappa shape index (κ1) is 16.3. The van der Waals surface area contributed by atoms with E-state index in [1.807, 2.05) is 39.0 Å². The van der Waals surface area contributed by atoms with Gasteiger partial charge >= 0.3 is 0 Å². The zero-order valence-electron chi connectivity index (χ0n) is 12.8. The molecule has 1 aromatic carbocycles. The van der Waals surface area contributed by atoms with Gasteiger partial charge in [0.15, 0.2) is 11.5 Å². The summed E-state index contributed by atoms with van der Waals surface area (Å²) >= 11 is 0. The van der Waals surface area contributed by atoms with Crippen molar-refractivity contribution in [1.29, 1.82) is 0 Å². The molecule has 5 heteroatoms. The second-order valence-electron chi connectivity index (χ2n) is 5.11. The number of benzene rings is 1. The third-order valence-electron chi connectivity index (χ3n) is 3.29. The molecule has 0 radical (unpaired) electrons. The minimum absolute atomic E-state index is 0.104. The van der Waals surface area contributed by atoms with Crippen LogP contribution in [0.1, 0.15) is 32.4 Å². The van der Waals surface area contributed by atoms with Gasteiger partial charge in [-0.25, -0.2) is 0 Å². The average molecular weight is 280 g/mol. The Morgan fingerprint density at radius 3 is 2.25 bits per heavy atom. The Kier molecular flexibility index (Phi) is 5.82. The van der Waals surface area contributed by atoms with Gasteiger partial charge in [0, 0.05) is 0 Å². The fourth-order valence-electron chi connectivity index (χ4n) is 1.82. The van der Waals surface area contributed by atoms with Crippen LogP contribution in [0.25, 0.3) is 0 Å². The molecule has 2 atom stereocenters. The summed E-state index contributed by atoms with van der Waals surface area (Å²) in [4.78, 5) is 12.0. The van der Waals surface area contributed by atoms with E-state index in [2.05, 4.69) is 5.32 Å². The van der Waals surface area contributed by atoms with Gasteiger partial charge in [-0.2, -0.15) is 0 Å². The standard InChI is InChI=1S/C15H24N2O3/c1-9(2)14(16)15(18)17-10(3)11-6-7-12(19-4)13(8-11)20-5/h6-10,14H,16H2,1-5H3,(H,17,18)/t10?,14-/m1/s1. The van der Waals surface area contributed by atoms with E-state index in [1.54, 1.807) is 14.2 Å². The van der Waals surface area contributed by atoms with Crippen LogP contribution in [0.3, 0.4) is 0 Å². The normalized spacial score (nSPS) is 13.8. The van der Waals surface area contributed by atoms with Crippen LogP contribution in [0, 0.1) is 5.92 Å². The molecule has 0 bridgehead atoms. The van der Waals surface area contributed by atoms with E-state index in [4.69, 9.17) is 15.2 Å². The molecule has 0 fully saturated rings. The molecule has 3 N–H and O–H groups in total. The van der Waals surface area contributed by atoms with E-state index in [-0.39, 0.29) is 17.9 Å². The fraction of sp³-hybridized carbons (Fsp3) is 0.533. The van der Waals surface area contributed by atoms with Crippen LogP contribution in [-0.4, -0.2) is 26.2 Å². The fourth-order valence-corrected chi connectivity index (χ4v) is 1.82. The number of nitrogens with two attached hydrogens (primary N) is 1. The van der Waals surface area contributed by atoms with Crippen molar-refractivity contribution in [2.45, 2.75) is 32.9 Å². The smallest absolute Gasteiger partial charge is 0.237 e. The molecule has 20 heavy (non-hydrogen) atoms. The average Bonchev–Trinajstić information content (AvgIpc) is 2.45. The third kappa shape index (κ3) is 3.87. The van der Waals surface area contributed by atoms with Crippen molar-refractivity contribution in [3.8, 4) is 11.5 Å². The van der Waals surface area contributed by atoms with Crippen LogP contribution in [0.5, 0.6) is 11.5 Å². The van der Waals surface area contributed by atoms with Gasteiger partial charge in [-0.05, 0) is 30.5 Å². The van der Waals surface area contributed by atoms with Crippen molar-refractivity contribution in [3.05, 3.63) is 23.8 Å². The maximum absolute atomic E-state index is 12.0. The van der Waals surface area contributed by atoms with Gasteiger partial charge in [0.25, 0.3) is 0 Å². The Bertz CT molecular complexity index is 460. The van der Waals surface area contributed by atoms with E-state index in [9.17, 15) is 4.79 Å². The van der Waals surface area contributed by atoms with Gasteiger partial charge in [-0.3, -0.25) is 4.79 Å². The van der Waals surface area contributed by atoms with E-state index < -0.39 is 6.04 Å². The van der Waals surface area contributed by atoms with Crippen LogP contribution in [-0.2, 0) is 4.79 Å². The molecule has 0 aliphatic heterocycles. The summed E-state index contributed by atoms with van der Waals surface area (Å²) in [6, 6.07) is 4.92. The van der Waals surface area contributed by atoms with Gasteiger partial charge < -0.3 is 20.5 Å². The molecular weight excluding hydrogens is 256 g/mol. The lowest BCUT2D eigenvalue weighted by Gasteiger charge is -2.20. The second-order valence-corrected chi connectivity index (χ2v) is 5.11. The molecule has 1 aromatic rings. The highest BCUT2D eigenvalue weighted by atomic mass is 16.5. The van der Waals surface area contributed by atoms with Gasteiger partial charge in [-0.1, -0.05) is 19.9 Å². The molecule has 1 unspecified atom stereocenters. The number of methoxy groups -OCH3 is 2. The maximum Gasteiger partial charge on any atom is 0.237 e. The highest BCUT2D eigenvalue weighted by molar-refractivity contribution is 5.82. The molecule has 1 amide bonds. The third-order valence-corrected chi connectivity index (χ3v) is 3.29. The zero-order valence-corrected chi connectivity index (χ0v) is 12.8. The van der Waals surface area contributed by atoms with Gasteiger partial charge in [0.2, 0.25) is 5.91 Å². The van der Waals surface area contributed by atoms with E-state index in [1.165, 1.54) is 0 Å². The summed E-state index contributed by atoms with van der Waals surface area (Å²) in [6.45, 7) is 5.75. The first-order chi connectivity index (χ1) is 9.40. The summed E-state index contributed by atoms with van der Waals surface area (Å²) in [5.41, 5.74) is 6.77. The number of rotatable bonds is 6. The molecule has 0 saturated carbocycles. The number of hydrogen-bond acceptors (Lipinski definition) is 4. The van der Waals surface area contributed by atoms with Crippen molar-refractivity contribution >= 4 is 5.91 Å². The zero-order chi connectivity index (χ0) is 15.3. The molecular formula is C15H24N2O3. The summed E-state index contributed by atoms with van der Waals surface area (Å²) in [6.07, 6.45) is 0. The highest BCUT2D eigenvalue weighted by Gasteiger charge is 2.20. The van der Waals surface area contributed by atoms with Crippen LogP contribution in [0.2, 0.25) is 0 Å². The molecule has 0 spiro atoms. The maximum atomic E-state index is 12.0. The summed E-state index contributed by atoms with van der Waals surface area (Å²) in [7, 11) is 3.17. The molecule has 0 aliphatic rings. The predicted molar refractivity (Wildman–Crippen MR) is 78.9 cm³/mol. The lowest BCUT2D eigenvalue weighted by molar-refractivity contribution is -0.123. The van der Waals surface area contributed by atoms with Gasteiger partial charge in [0.05, 0.1) is 26.3 Å². The summed E-state index contributed by atoms with van der Waals surface area (Å²) in [5, 5.41) is 2.91. The Hall–Kier alpha value is -1.75. The van der Waals surface area contributed by atoms with E-state index >= 15 is 0 Å². The van der Waals surface area contributed by atoms with Crippen molar-refractivity contribution < 1.29 is 14.3 Å². The monoisotopic (exact) mass is 280 g/mol. The number of hydrogen-bond donors (Lipinski definition) is 2. The molecule has 0 heterocycles. The van der Waals surface area contributed by atoms with Crippen LogP contribution in [0.15, 0.2) is 18.2 Å². The quantitative estimate of drug-likeness (QED) is 0.834. The molecule has 5 nitrogen and oxygen atoms in total. The number of ether oxygens (including phenoxy) is 2. The Morgan fingerprint density at radius 2 is 1.75 bits per heavy atom. The minimum atomic E-state index is -0.502. The lowest BCUT2D eigenvalue weighted by atomic mass is 10.0. The summed E-state index contributed by atoms with van der Waals surface area (Å²) < 4.78 is 10.4. The van der Waals surface area contributed by atoms with Crippen LogP contribution < -0.4 is 20.5 Å². The highest BCUT2D eigenvalue weighted by Crippen LogP contribution is 2.29. The Morgan fingerprint density at radius 1 is 1.15 bits per heavy atom. The second kappa shape index (κ2) is 7.14. The first-order valence-corrected chi connectivity index (χ1v) is 6.68. The number of carbonyl (C=O) groups is 1. The first-order valence-electron chi connectivity index (χ1n) is 6.68. The van der Waals surface area contributed by atoms with Gasteiger partial charge in [0.1, 0.15) is 0 Å². The van der Waals surface area contributed by atoms with Crippen LogP contribution >= 0.6 is 0 Å². The van der Waals surface area contributed by atoms with Crippen molar-refractivity contribution in [3.63, 3.8) is 0 Å². The lowest BCUT2D eigenvalue weighted by Crippen LogP contribution is -2.44. The van der Waals surface area contributed by atoms with Gasteiger partial charge in [-0.15, -0.1) is 0 Å². The Labute approximate surface area is 120 Å². The Balaban J connectivity index is 2.82. The SMILES string of the molecule is COc1ccc(C(C)NC(=O)[C@H](N)C(C)C)cc1OC. The van der Waals surface area contributed by atoms with Crippen LogP contribution in [0.4, 0.5) is 0 Å². The predicted octanol–water partition coefficient (Wildman–Crippen LogP) is 1.86. The molecule has 0 aromatic heterocycles. The number of amides is 1. The molecule has 112 valence electrons. The van der Waals surface area contributed by atoms with Crippen molar-refractivity contribution in [1.82, 2.24) is 5.32 Å². The minimum Gasteiger partial charge on any atom is -0.493 e. The van der Waals surface area contributed by atoms with E-state index in [0.717, 1.165) is 5.56 Å². The summed E-state index contributed by atoms with van der Waals surface area (Å²) in [5.74, 6) is 1.25. The number of carbonyl (C=O) groups excluding carboxylic acids is 1. The number of nitrogens with one attached hydrogen (secondary N) is 1. The molecule has 0 saturated heterocycles. The van der Waals surface area contributed by atoms with Crippen molar-refractivity contribution in [2.24, 2.45) is 11.7 Å². The topological polar surface area (TPSA) is 73.6 Å².